The van der Waals surface area contributed by atoms with E-state index < -0.39 is 5.54 Å². The molecule has 0 aromatic heterocycles. The normalized spacial score (nSPS) is 29.9. The van der Waals surface area contributed by atoms with E-state index in [-0.39, 0.29) is 5.91 Å². The fraction of sp³-hybridized carbons (Fsp3) is 0.562. The fourth-order valence-corrected chi connectivity index (χ4v) is 3.93. The summed E-state index contributed by atoms with van der Waals surface area (Å²) in [5.41, 5.74) is 6.16. The molecule has 0 aliphatic heterocycles. The monoisotopic (exact) mass is 336 g/mol. The quantitative estimate of drug-likeness (QED) is 0.880. The SMILES string of the molecule is NC(=O)C1(Nc2cccc(Br)c2)CCCC(C2CC2)C1. The number of primary amides is 1. The van der Waals surface area contributed by atoms with Gasteiger partial charge in [0.2, 0.25) is 5.91 Å². The molecule has 1 aromatic carbocycles. The molecule has 3 rings (SSSR count). The van der Waals surface area contributed by atoms with Gasteiger partial charge in [0, 0.05) is 10.2 Å². The summed E-state index contributed by atoms with van der Waals surface area (Å²) in [7, 11) is 0. The number of nitrogens with two attached hydrogens (primary N) is 1. The largest absolute Gasteiger partial charge is 0.371 e. The molecule has 0 spiro atoms. The lowest BCUT2D eigenvalue weighted by Crippen LogP contribution is -2.53. The minimum atomic E-state index is -0.563. The van der Waals surface area contributed by atoms with E-state index in [1.807, 2.05) is 24.3 Å². The Balaban J connectivity index is 1.81. The Morgan fingerprint density at radius 3 is 2.75 bits per heavy atom. The highest BCUT2D eigenvalue weighted by Gasteiger charge is 2.45. The summed E-state index contributed by atoms with van der Waals surface area (Å²) in [5.74, 6) is 1.29. The van der Waals surface area contributed by atoms with Gasteiger partial charge in [0.15, 0.2) is 0 Å². The molecule has 2 aliphatic rings. The standard InChI is InChI=1S/C16H21BrN2O/c17-13-4-1-5-14(9-13)19-16(15(18)20)8-2-3-12(10-16)11-6-7-11/h1,4-5,9,11-12,19H,2-3,6-8,10H2,(H2,18,20). The highest BCUT2D eigenvalue weighted by atomic mass is 79.9. The van der Waals surface area contributed by atoms with Crippen LogP contribution in [0, 0.1) is 11.8 Å². The van der Waals surface area contributed by atoms with Crippen molar-refractivity contribution in [3.05, 3.63) is 28.7 Å². The molecule has 0 saturated heterocycles. The second-order valence-electron chi connectivity index (χ2n) is 6.28. The molecule has 108 valence electrons. The van der Waals surface area contributed by atoms with E-state index in [0.717, 1.165) is 35.3 Å². The van der Waals surface area contributed by atoms with Crippen LogP contribution in [0.25, 0.3) is 0 Å². The molecule has 2 unspecified atom stereocenters. The molecular formula is C16H21BrN2O. The van der Waals surface area contributed by atoms with Crippen LogP contribution >= 0.6 is 15.9 Å². The van der Waals surface area contributed by atoms with Gasteiger partial charge in [-0.1, -0.05) is 28.4 Å². The average Bonchev–Trinajstić information content (AvgIpc) is 3.23. The summed E-state index contributed by atoms with van der Waals surface area (Å²) < 4.78 is 1.01. The van der Waals surface area contributed by atoms with Crippen LogP contribution in [0.3, 0.4) is 0 Å². The zero-order valence-corrected chi connectivity index (χ0v) is 13.2. The molecule has 2 fully saturated rings. The lowest BCUT2D eigenvalue weighted by atomic mass is 9.73. The maximum Gasteiger partial charge on any atom is 0.243 e. The summed E-state index contributed by atoms with van der Waals surface area (Å²) in [4.78, 5) is 12.1. The van der Waals surface area contributed by atoms with Crippen LogP contribution in [-0.2, 0) is 4.79 Å². The number of hydrogen-bond donors (Lipinski definition) is 2. The first kappa shape index (κ1) is 13.9. The maximum atomic E-state index is 12.1. The Morgan fingerprint density at radius 1 is 1.30 bits per heavy atom. The van der Waals surface area contributed by atoms with Crippen LogP contribution in [0.2, 0.25) is 0 Å². The Labute approximate surface area is 128 Å². The van der Waals surface area contributed by atoms with E-state index in [0.29, 0.717) is 5.92 Å². The third kappa shape index (κ3) is 2.85. The Hall–Kier alpha value is -1.03. The predicted octanol–water partition coefficient (Wildman–Crippen LogP) is 3.69. The molecule has 20 heavy (non-hydrogen) atoms. The number of rotatable bonds is 4. The molecule has 1 amide bonds. The third-order valence-electron chi connectivity index (χ3n) is 4.76. The molecule has 2 atom stereocenters. The first-order chi connectivity index (χ1) is 9.59. The van der Waals surface area contributed by atoms with Gasteiger partial charge in [-0.05, 0) is 62.1 Å². The van der Waals surface area contributed by atoms with E-state index in [9.17, 15) is 4.79 Å². The van der Waals surface area contributed by atoms with Gasteiger partial charge in [-0.15, -0.1) is 0 Å². The van der Waals surface area contributed by atoms with Crippen molar-refractivity contribution in [2.45, 2.75) is 44.1 Å². The van der Waals surface area contributed by atoms with Gasteiger partial charge < -0.3 is 11.1 Å². The number of carbonyl (C=O) groups is 1. The number of benzene rings is 1. The van der Waals surface area contributed by atoms with Crippen LogP contribution in [0.1, 0.15) is 38.5 Å². The Morgan fingerprint density at radius 2 is 2.10 bits per heavy atom. The van der Waals surface area contributed by atoms with Gasteiger partial charge in [-0.25, -0.2) is 0 Å². The summed E-state index contributed by atoms with van der Waals surface area (Å²) in [6, 6.07) is 7.96. The van der Waals surface area contributed by atoms with E-state index in [1.165, 1.54) is 19.3 Å². The highest BCUT2D eigenvalue weighted by molar-refractivity contribution is 9.10. The summed E-state index contributed by atoms with van der Waals surface area (Å²) >= 11 is 3.47. The predicted molar refractivity (Wildman–Crippen MR) is 84.4 cm³/mol. The zero-order valence-electron chi connectivity index (χ0n) is 11.6. The molecule has 0 heterocycles. The maximum absolute atomic E-state index is 12.1. The minimum Gasteiger partial charge on any atom is -0.371 e. The first-order valence-electron chi connectivity index (χ1n) is 7.43. The van der Waals surface area contributed by atoms with Gasteiger partial charge >= 0.3 is 0 Å². The van der Waals surface area contributed by atoms with Crippen molar-refractivity contribution in [1.82, 2.24) is 0 Å². The number of hydrogen-bond acceptors (Lipinski definition) is 2. The molecule has 3 N–H and O–H groups in total. The van der Waals surface area contributed by atoms with Crippen molar-refractivity contribution in [1.29, 1.82) is 0 Å². The molecule has 4 heteroatoms. The molecule has 2 aliphatic carbocycles. The number of amides is 1. The lowest BCUT2D eigenvalue weighted by molar-refractivity contribution is -0.124. The van der Waals surface area contributed by atoms with Crippen molar-refractivity contribution in [2.75, 3.05) is 5.32 Å². The number of anilines is 1. The molecular weight excluding hydrogens is 316 g/mol. The van der Waals surface area contributed by atoms with Crippen molar-refractivity contribution in [3.8, 4) is 0 Å². The number of nitrogens with one attached hydrogen (secondary N) is 1. The number of carbonyl (C=O) groups excluding carboxylic acids is 1. The molecule has 0 radical (unpaired) electrons. The Bertz CT molecular complexity index is 515. The van der Waals surface area contributed by atoms with Gasteiger partial charge in [-0.3, -0.25) is 4.79 Å². The van der Waals surface area contributed by atoms with E-state index in [1.54, 1.807) is 0 Å². The molecule has 3 nitrogen and oxygen atoms in total. The van der Waals surface area contributed by atoms with Gasteiger partial charge in [0.05, 0.1) is 0 Å². The fourth-order valence-electron chi connectivity index (χ4n) is 3.53. The first-order valence-corrected chi connectivity index (χ1v) is 8.22. The van der Waals surface area contributed by atoms with Gasteiger partial charge in [0.25, 0.3) is 0 Å². The van der Waals surface area contributed by atoms with Gasteiger partial charge in [-0.2, -0.15) is 0 Å². The van der Waals surface area contributed by atoms with Crippen molar-refractivity contribution < 1.29 is 4.79 Å². The van der Waals surface area contributed by atoms with Crippen LogP contribution in [0.5, 0.6) is 0 Å². The lowest BCUT2D eigenvalue weighted by Gasteiger charge is -2.40. The number of halogens is 1. The van der Waals surface area contributed by atoms with Crippen molar-refractivity contribution in [3.63, 3.8) is 0 Å². The topological polar surface area (TPSA) is 55.1 Å². The molecule has 0 bridgehead atoms. The van der Waals surface area contributed by atoms with Crippen molar-refractivity contribution in [2.24, 2.45) is 17.6 Å². The average molecular weight is 337 g/mol. The summed E-state index contributed by atoms with van der Waals surface area (Å²) in [6.45, 7) is 0. The second-order valence-corrected chi connectivity index (χ2v) is 7.19. The van der Waals surface area contributed by atoms with Crippen LogP contribution < -0.4 is 11.1 Å². The third-order valence-corrected chi connectivity index (χ3v) is 5.25. The molecule has 2 saturated carbocycles. The summed E-state index contributed by atoms with van der Waals surface area (Å²) in [5, 5.41) is 3.44. The van der Waals surface area contributed by atoms with Crippen LogP contribution in [0.4, 0.5) is 5.69 Å². The smallest absolute Gasteiger partial charge is 0.243 e. The van der Waals surface area contributed by atoms with Gasteiger partial charge in [0.1, 0.15) is 5.54 Å². The van der Waals surface area contributed by atoms with E-state index in [2.05, 4.69) is 21.2 Å². The van der Waals surface area contributed by atoms with Crippen LogP contribution in [-0.4, -0.2) is 11.4 Å². The highest BCUT2D eigenvalue weighted by Crippen LogP contribution is 2.47. The van der Waals surface area contributed by atoms with Crippen molar-refractivity contribution >= 4 is 27.5 Å². The van der Waals surface area contributed by atoms with Crippen LogP contribution in [0.15, 0.2) is 28.7 Å². The Kier molecular flexibility index (Phi) is 3.76. The van der Waals surface area contributed by atoms with E-state index >= 15 is 0 Å². The summed E-state index contributed by atoms with van der Waals surface area (Å²) in [6.07, 6.45) is 6.73. The zero-order chi connectivity index (χ0) is 14.2. The minimum absolute atomic E-state index is 0.206. The molecule has 1 aromatic rings. The second kappa shape index (κ2) is 5.40. The van der Waals surface area contributed by atoms with E-state index in [4.69, 9.17) is 5.73 Å².